The van der Waals surface area contributed by atoms with Gasteiger partial charge in [-0.15, -0.1) is 0 Å². The van der Waals surface area contributed by atoms with E-state index in [1.54, 1.807) is 30.3 Å². The Kier molecular flexibility index (Phi) is 7.33. The molecule has 1 saturated heterocycles. The summed E-state index contributed by atoms with van der Waals surface area (Å²) in [6.45, 7) is 3.18. The summed E-state index contributed by atoms with van der Waals surface area (Å²) in [6, 6.07) is 8.49. The van der Waals surface area contributed by atoms with Crippen molar-refractivity contribution in [3.05, 3.63) is 30.3 Å². The first kappa shape index (κ1) is 21.2. The molecule has 4 atom stereocenters. The summed E-state index contributed by atoms with van der Waals surface area (Å²) in [7, 11) is 0. The summed E-state index contributed by atoms with van der Waals surface area (Å²) in [5.74, 6) is -1.61. The normalized spacial score (nSPS) is 25.6. The molecular weight excluding hydrogens is 374 g/mol. The van der Waals surface area contributed by atoms with E-state index < -0.39 is 42.5 Å². The molecule has 0 radical (unpaired) electrons. The molecule has 0 aliphatic carbocycles. The second-order valence-corrected chi connectivity index (χ2v) is 5.87. The number of hydrogen-bond donors (Lipinski definition) is 1. The highest BCUT2D eigenvalue weighted by molar-refractivity contribution is 5.94. The summed E-state index contributed by atoms with van der Waals surface area (Å²) in [5.41, 5.74) is -0.218. The molecule has 152 valence electrons. The molecule has 10 nitrogen and oxygen atoms in total. The Morgan fingerprint density at radius 2 is 1.68 bits per heavy atom. The third kappa shape index (κ3) is 5.68. The predicted octanol–water partition coefficient (Wildman–Crippen LogP) is 1.05. The molecule has 0 amide bonds. The third-order valence-electron chi connectivity index (χ3n) is 3.64. The van der Waals surface area contributed by atoms with Gasteiger partial charge < -0.3 is 28.9 Å². The van der Waals surface area contributed by atoms with Gasteiger partial charge in [-0.25, -0.2) is 0 Å². The Bertz CT molecular complexity index is 734. The van der Waals surface area contributed by atoms with E-state index in [1.807, 2.05) is 0 Å². The maximum atomic E-state index is 11.6. The molecule has 0 unspecified atom stereocenters. The quantitative estimate of drug-likeness (QED) is 0.325. The highest BCUT2D eigenvalue weighted by Crippen LogP contribution is 2.27. The fraction of sp³-hybridized carbons (Fsp3) is 0.444. The number of esters is 3. The lowest BCUT2D eigenvalue weighted by Crippen LogP contribution is -2.60. The minimum atomic E-state index is -1.31. The van der Waals surface area contributed by atoms with Crippen LogP contribution in [0.4, 0.5) is 0 Å². The van der Waals surface area contributed by atoms with Gasteiger partial charge in [-0.3, -0.25) is 14.4 Å². The number of oxime groups is 1. The lowest BCUT2D eigenvalue weighted by Gasteiger charge is -2.39. The summed E-state index contributed by atoms with van der Waals surface area (Å²) < 4.78 is 26.8. The lowest BCUT2D eigenvalue weighted by molar-refractivity contribution is -0.206. The van der Waals surface area contributed by atoms with E-state index in [1.165, 1.54) is 6.92 Å². The van der Waals surface area contributed by atoms with Crippen molar-refractivity contribution in [2.24, 2.45) is 5.16 Å². The van der Waals surface area contributed by atoms with Crippen molar-refractivity contribution in [1.29, 1.82) is 0 Å². The number of benzene rings is 1. The topological polar surface area (TPSA) is 130 Å². The van der Waals surface area contributed by atoms with Gasteiger partial charge in [0.2, 0.25) is 6.29 Å². The largest absolute Gasteiger partial charge is 0.463 e. The molecule has 1 aliphatic heterocycles. The zero-order chi connectivity index (χ0) is 20.7. The van der Waals surface area contributed by atoms with Gasteiger partial charge in [-0.2, -0.15) is 0 Å². The number of carbonyl (C=O) groups excluding carboxylic acids is 3. The lowest BCUT2D eigenvalue weighted by atomic mass is 9.99. The van der Waals surface area contributed by atoms with Crippen molar-refractivity contribution in [2.45, 2.75) is 45.4 Å². The van der Waals surface area contributed by atoms with E-state index in [4.69, 9.17) is 23.7 Å². The molecule has 0 bridgehead atoms. The van der Waals surface area contributed by atoms with E-state index in [-0.39, 0.29) is 12.3 Å². The van der Waals surface area contributed by atoms with Crippen molar-refractivity contribution >= 4 is 23.6 Å². The van der Waals surface area contributed by atoms with Gasteiger partial charge in [-0.1, -0.05) is 23.4 Å². The highest BCUT2D eigenvalue weighted by atomic mass is 16.7. The van der Waals surface area contributed by atoms with E-state index >= 15 is 0 Å². The molecule has 0 aromatic heterocycles. The van der Waals surface area contributed by atoms with Crippen molar-refractivity contribution in [3.8, 4) is 5.75 Å². The first-order valence-corrected chi connectivity index (χ1v) is 8.38. The maximum Gasteiger partial charge on any atom is 0.303 e. The molecule has 0 spiro atoms. The molecule has 1 aliphatic rings. The first-order valence-electron chi connectivity index (χ1n) is 8.38. The Morgan fingerprint density at radius 1 is 1.04 bits per heavy atom. The van der Waals surface area contributed by atoms with E-state index in [0.29, 0.717) is 5.75 Å². The van der Waals surface area contributed by atoms with Crippen LogP contribution in [0, 0.1) is 0 Å². The number of para-hydroxylation sites is 1. The Labute approximate surface area is 161 Å². The summed E-state index contributed by atoms with van der Waals surface area (Å²) in [4.78, 5) is 34.3. The third-order valence-corrected chi connectivity index (χ3v) is 3.64. The van der Waals surface area contributed by atoms with Crippen LogP contribution in [0.3, 0.4) is 0 Å². The van der Waals surface area contributed by atoms with Gasteiger partial charge in [0, 0.05) is 20.8 Å². The predicted molar refractivity (Wildman–Crippen MR) is 92.7 cm³/mol. The number of carbonyl (C=O) groups is 3. The van der Waals surface area contributed by atoms with Crippen LogP contribution < -0.4 is 4.74 Å². The Hall–Kier alpha value is -3.14. The molecule has 1 fully saturated rings. The molecule has 10 heteroatoms. The second kappa shape index (κ2) is 9.70. The standard InChI is InChI=1S/C18H21NO9/c1-10(20)24-9-14-16(25-11(2)21)17(26-12(3)22)15(19-23)18(28-14)27-13-7-5-4-6-8-13/h4-8,14,16-18,23H,9H2,1-3H3/b19-15-/t14-,16-,17-,18+/m1/s1. The van der Waals surface area contributed by atoms with Gasteiger partial charge in [0.15, 0.2) is 17.9 Å². The molecule has 1 aromatic rings. The van der Waals surface area contributed by atoms with Crippen LogP contribution in [0.25, 0.3) is 0 Å². The fourth-order valence-electron chi connectivity index (χ4n) is 2.59. The van der Waals surface area contributed by atoms with Crippen LogP contribution in [0.1, 0.15) is 20.8 Å². The molecule has 1 aromatic carbocycles. The average Bonchev–Trinajstić information content (AvgIpc) is 2.62. The molecule has 1 heterocycles. The van der Waals surface area contributed by atoms with Gasteiger partial charge in [0.1, 0.15) is 18.5 Å². The van der Waals surface area contributed by atoms with Crippen molar-refractivity contribution in [2.75, 3.05) is 6.61 Å². The van der Waals surface area contributed by atoms with Crippen LogP contribution in [-0.2, 0) is 33.3 Å². The number of ether oxygens (including phenoxy) is 5. The second-order valence-electron chi connectivity index (χ2n) is 5.87. The van der Waals surface area contributed by atoms with E-state index in [9.17, 15) is 19.6 Å². The molecule has 0 saturated carbocycles. The molecule has 28 heavy (non-hydrogen) atoms. The molecule has 1 N–H and O–H groups in total. The van der Waals surface area contributed by atoms with Crippen LogP contribution >= 0.6 is 0 Å². The van der Waals surface area contributed by atoms with E-state index in [2.05, 4.69) is 5.16 Å². The number of rotatable bonds is 6. The maximum absolute atomic E-state index is 11.6. The van der Waals surface area contributed by atoms with Crippen molar-refractivity contribution in [3.63, 3.8) is 0 Å². The van der Waals surface area contributed by atoms with Crippen molar-refractivity contribution in [1.82, 2.24) is 0 Å². The minimum absolute atomic E-state index is 0.218. The zero-order valence-electron chi connectivity index (χ0n) is 15.6. The SMILES string of the molecule is CC(=O)OC[C@H]1O[C@H](Oc2ccccc2)/C(=N\O)[C@@H](OC(C)=O)[C@@H]1OC(C)=O. The van der Waals surface area contributed by atoms with Crippen LogP contribution in [-0.4, -0.2) is 60.0 Å². The van der Waals surface area contributed by atoms with Gasteiger partial charge in [0.25, 0.3) is 0 Å². The smallest absolute Gasteiger partial charge is 0.303 e. The fourth-order valence-corrected chi connectivity index (χ4v) is 2.59. The number of hydrogen-bond acceptors (Lipinski definition) is 10. The average molecular weight is 395 g/mol. The molecule has 2 rings (SSSR count). The van der Waals surface area contributed by atoms with Gasteiger partial charge in [0.05, 0.1) is 0 Å². The van der Waals surface area contributed by atoms with Crippen LogP contribution in [0.2, 0.25) is 0 Å². The monoisotopic (exact) mass is 395 g/mol. The summed E-state index contributed by atoms with van der Waals surface area (Å²) >= 11 is 0. The minimum Gasteiger partial charge on any atom is -0.463 e. The summed E-state index contributed by atoms with van der Waals surface area (Å²) in [6.07, 6.45) is -4.86. The van der Waals surface area contributed by atoms with Gasteiger partial charge in [-0.05, 0) is 12.1 Å². The Balaban J connectivity index is 2.36. The summed E-state index contributed by atoms with van der Waals surface area (Å²) in [5, 5.41) is 12.6. The first-order chi connectivity index (χ1) is 13.3. The van der Waals surface area contributed by atoms with Crippen LogP contribution in [0.15, 0.2) is 35.5 Å². The highest BCUT2D eigenvalue weighted by Gasteiger charge is 2.49. The number of nitrogens with zero attached hydrogens (tertiary/aromatic N) is 1. The zero-order valence-corrected chi connectivity index (χ0v) is 15.6. The van der Waals surface area contributed by atoms with Crippen molar-refractivity contribution < 1.29 is 43.3 Å². The molecular formula is C18H21NO9. The van der Waals surface area contributed by atoms with Crippen LogP contribution in [0.5, 0.6) is 5.75 Å². The van der Waals surface area contributed by atoms with E-state index in [0.717, 1.165) is 13.8 Å². The van der Waals surface area contributed by atoms with Gasteiger partial charge >= 0.3 is 17.9 Å². The Morgan fingerprint density at radius 3 is 2.21 bits per heavy atom.